The number of hydrogen-bond acceptors (Lipinski definition) is 4. The van der Waals surface area contributed by atoms with Crippen molar-refractivity contribution in [3.63, 3.8) is 0 Å². The van der Waals surface area contributed by atoms with E-state index in [4.69, 9.17) is 4.74 Å². The molecule has 3 nitrogen and oxygen atoms in total. The summed E-state index contributed by atoms with van der Waals surface area (Å²) in [5.41, 5.74) is 0. The van der Waals surface area contributed by atoms with E-state index in [1.807, 2.05) is 11.8 Å². The van der Waals surface area contributed by atoms with Gasteiger partial charge >= 0.3 is 5.97 Å². The second-order valence-corrected chi connectivity index (χ2v) is 5.28. The molecule has 0 spiro atoms. The maximum absolute atomic E-state index is 11.5. The van der Waals surface area contributed by atoms with Crippen molar-refractivity contribution >= 4 is 17.7 Å². The monoisotopic (exact) mass is 247 g/mol. The predicted molar refractivity (Wildman–Crippen MR) is 70.9 cm³/mol. The Morgan fingerprint density at radius 1 is 1.44 bits per heavy atom. The lowest BCUT2D eigenvalue weighted by atomic mass is 9.99. The third-order valence-corrected chi connectivity index (χ3v) is 3.69. The molecule has 0 aromatic heterocycles. The van der Waals surface area contributed by atoms with E-state index in [9.17, 15) is 4.79 Å². The highest BCUT2D eigenvalue weighted by Crippen LogP contribution is 2.09. The van der Waals surface area contributed by atoms with Gasteiger partial charge in [0.05, 0.1) is 7.11 Å². The molecule has 0 aliphatic carbocycles. The van der Waals surface area contributed by atoms with E-state index >= 15 is 0 Å². The van der Waals surface area contributed by atoms with Gasteiger partial charge in [-0.25, -0.2) is 0 Å². The molecule has 2 atom stereocenters. The quantitative estimate of drug-likeness (QED) is 0.501. The second kappa shape index (κ2) is 9.97. The van der Waals surface area contributed by atoms with Gasteiger partial charge in [0.2, 0.25) is 0 Å². The van der Waals surface area contributed by atoms with Gasteiger partial charge in [-0.1, -0.05) is 27.2 Å². The minimum Gasteiger partial charge on any atom is -0.468 e. The number of thioether (sulfide) groups is 1. The Balaban J connectivity index is 3.88. The van der Waals surface area contributed by atoms with E-state index in [-0.39, 0.29) is 12.0 Å². The van der Waals surface area contributed by atoms with Crippen molar-refractivity contribution in [3.8, 4) is 0 Å². The molecule has 0 radical (unpaired) electrons. The van der Waals surface area contributed by atoms with Crippen molar-refractivity contribution in [2.45, 2.75) is 39.7 Å². The molecule has 0 aromatic carbocycles. The smallest absolute Gasteiger partial charge is 0.323 e. The van der Waals surface area contributed by atoms with Crippen LogP contribution >= 0.6 is 11.8 Å². The molecule has 96 valence electrons. The lowest BCUT2D eigenvalue weighted by Gasteiger charge is -2.21. The van der Waals surface area contributed by atoms with Crippen LogP contribution in [-0.4, -0.2) is 37.2 Å². The number of hydrogen-bond donors (Lipinski definition) is 1. The number of nitrogens with one attached hydrogen (secondary N) is 1. The van der Waals surface area contributed by atoms with Crippen molar-refractivity contribution in [2.24, 2.45) is 5.92 Å². The molecule has 0 heterocycles. The van der Waals surface area contributed by atoms with Crippen molar-refractivity contribution in [3.05, 3.63) is 0 Å². The molecule has 0 aliphatic heterocycles. The summed E-state index contributed by atoms with van der Waals surface area (Å²) in [5.74, 6) is 2.49. The zero-order chi connectivity index (χ0) is 12.4. The molecule has 0 bridgehead atoms. The van der Waals surface area contributed by atoms with Crippen LogP contribution in [0.1, 0.15) is 33.6 Å². The summed E-state index contributed by atoms with van der Waals surface area (Å²) < 4.78 is 4.81. The lowest BCUT2D eigenvalue weighted by molar-refractivity contribution is -0.144. The molecular weight excluding hydrogens is 222 g/mol. The first-order chi connectivity index (χ1) is 7.67. The highest BCUT2D eigenvalue weighted by atomic mass is 32.2. The van der Waals surface area contributed by atoms with E-state index in [1.54, 1.807) is 0 Å². The van der Waals surface area contributed by atoms with Crippen LogP contribution in [0.2, 0.25) is 0 Å². The number of ether oxygens (including phenoxy) is 1. The van der Waals surface area contributed by atoms with E-state index in [2.05, 4.69) is 26.1 Å². The maximum atomic E-state index is 11.5. The summed E-state index contributed by atoms with van der Waals surface area (Å²) in [5, 5.41) is 3.29. The summed E-state index contributed by atoms with van der Waals surface area (Å²) in [7, 11) is 1.45. The molecule has 16 heavy (non-hydrogen) atoms. The normalized spacial score (nSPS) is 14.5. The molecule has 0 fully saturated rings. The number of methoxy groups -OCH3 is 1. The van der Waals surface area contributed by atoms with Gasteiger partial charge in [0, 0.05) is 0 Å². The van der Waals surface area contributed by atoms with Gasteiger partial charge in [0.25, 0.3) is 0 Å². The van der Waals surface area contributed by atoms with E-state index in [0.717, 1.165) is 30.9 Å². The van der Waals surface area contributed by atoms with Crippen LogP contribution in [0.4, 0.5) is 0 Å². The zero-order valence-corrected chi connectivity index (χ0v) is 11.7. The molecule has 4 heteroatoms. The fourth-order valence-electron chi connectivity index (χ4n) is 1.46. The summed E-state index contributed by atoms with van der Waals surface area (Å²) in [6, 6.07) is -0.151. The van der Waals surface area contributed by atoms with E-state index in [1.165, 1.54) is 7.11 Å². The topological polar surface area (TPSA) is 38.3 Å². The standard InChI is InChI=1S/C12H25NO2S/c1-5-10(3)11(12(14)15-4)13-8-7-9-16-6-2/h10-11,13H,5-9H2,1-4H3. The molecule has 0 amide bonds. The average molecular weight is 247 g/mol. The Morgan fingerprint density at radius 3 is 2.62 bits per heavy atom. The Kier molecular flexibility index (Phi) is 9.83. The number of carbonyl (C=O) groups is 1. The van der Waals surface area contributed by atoms with Gasteiger partial charge < -0.3 is 10.1 Å². The largest absolute Gasteiger partial charge is 0.468 e. The summed E-state index contributed by atoms with van der Waals surface area (Å²) in [4.78, 5) is 11.5. The van der Waals surface area contributed by atoms with Crippen LogP contribution in [0.5, 0.6) is 0 Å². The molecule has 0 saturated carbocycles. The highest BCUT2D eigenvalue weighted by Gasteiger charge is 2.23. The third-order valence-electron chi connectivity index (χ3n) is 2.70. The second-order valence-electron chi connectivity index (χ2n) is 3.89. The van der Waals surface area contributed by atoms with Crippen LogP contribution in [0, 0.1) is 5.92 Å². The minimum atomic E-state index is -0.151. The van der Waals surface area contributed by atoms with Crippen LogP contribution in [-0.2, 0) is 9.53 Å². The molecule has 0 rings (SSSR count). The van der Waals surface area contributed by atoms with Gasteiger partial charge in [-0.3, -0.25) is 4.79 Å². The van der Waals surface area contributed by atoms with Gasteiger partial charge in [-0.2, -0.15) is 11.8 Å². The summed E-state index contributed by atoms with van der Waals surface area (Å²) in [6.07, 6.45) is 2.08. The van der Waals surface area contributed by atoms with Crippen molar-refractivity contribution in [1.29, 1.82) is 0 Å². The number of esters is 1. The van der Waals surface area contributed by atoms with E-state index in [0.29, 0.717) is 5.92 Å². The first-order valence-corrected chi connectivity index (χ1v) is 7.21. The van der Waals surface area contributed by atoms with Crippen LogP contribution < -0.4 is 5.32 Å². The van der Waals surface area contributed by atoms with Crippen molar-refractivity contribution in [2.75, 3.05) is 25.2 Å². The minimum absolute atomic E-state index is 0.141. The fraction of sp³-hybridized carbons (Fsp3) is 0.917. The fourth-order valence-corrected chi connectivity index (χ4v) is 2.09. The van der Waals surface area contributed by atoms with Gasteiger partial charge in [0.15, 0.2) is 0 Å². The molecular formula is C12H25NO2S. The SMILES string of the molecule is CCSCCCNC(C(=O)OC)C(C)CC. The number of rotatable bonds is 9. The Bertz CT molecular complexity index is 188. The molecule has 0 aliphatic rings. The summed E-state index contributed by atoms with van der Waals surface area (Å²) >= 11 is 1.93. The van der Waals surface area contributed by atoms with Crippen LogP contribution in [0.25, 0.3) is 0 Å². The van der Waals surface area contributed by atoms with Crippen LogP contribution in [0.3, 0.4) is 0 Å². The third kappa shape index (κ3) is 6.38. The van der Waals surface area contributed by atoms with Gasteiger partial charge in [-0.05, 0) is 30.4 Å². The average Bonchev–Trinajstić information content (AvgIpc) is 2.32. The molecule has 0 saturated heterocycles. The Morgan fingerprint density at radius 2 is 2.12 bits per heavy atom. The highest BCUT2D eigenvalue weighted by molar-refractivity contribution is 7.99. The van der Waals surface area contributed by atoms with Crippen LogP contribution in [0.15, 0.2) is 0 Å². The summed E-state index contributed by atoms with van der Waals surface area (Å²) in [6.45, 7) is 7.22. The van der Waals surface area contributed by atoms with Gasteiger partial charge in [-0.15, -0.1) is 0 Å². The van der Waals surface area contributed by atoms with Gasteiger partial charge in [0.1, 0.15) is 6.04 Å². The zero-order valence-electron chi connectivity index (χ0n) is 10.9. The predicted octanol–water partition coefficient (Wildman–Crippen LogP) is 2.31. The molecule has 2 unspecified atom stereocenters. The Labute approximate surface area is 104 Å². The van der Waals surface area contributed by atoms with Crippen molar-refractivity contribution < 1.29 is 9.53 Å². The number of carbonyl (C=O) groups excluding carboxylic acids is 1. The van der Waals surface area contributed by atoms with Crippen molar-refractivity contribution in [1.82, 2.24) is 5.32 Å². The van der Waals surface area contributed by atoms with E-state index < -0.39 is 0 Å². The first kappa shape index (κ1) is 15.8. The molecule has 0 aromatic rings. The Hall–Kier alpha value is -0.220. The molecule has 1 N–H and O–H groups in total. The lowest BCUT2D eigenvalue weighted by Crippen LogP contribution is -2.43. The first-order valence-electron chi connectivity index (χ1n) is 6.06. The maximum Gasteiger partial charge on any atom is 0.323 e.